The Bertz CT molecular complexity index is 442. The van der Waals surface area contributed by atoms with E-state index in [9.17, 15) is 0 Å². The van der Waals surface area contributed by atoms with E-state index in [4.69, 9.17) is 0 Å². The average molecular weight is 276 g/mol. The number of nitrogens with zero attached hydrogens (tertiary/aromatic N) is 3. The first-order valence-corrected chi connectivity index (χ1v) is 7.53. The van der Waals surface area contributed by atoms with Crippen molar-refractivity contribution in [3.8, 4) is 0 Å². The van der Waals surface area contributed by atoms with Crippen LogP contribution < -0.4 is 10.2 Å². The van der Waals surface area contributed by atoms with Crippen LogP contribution in [0.2, 0.25) is 0 Å². The number of anilines is 1. The molecule has 1 aliphatic heterocycles. The Morgan fingerprint density at radius 3 is 2.75 bits per heavy atom. The Balaban J connectivity index is 2.07. The van der Waals surface area contributed by atoms with E-state index in [2.05, 4.69) is 67.0 Å². The molecule has 20 heavy (non-hydrogen) atoms. The van der Waals surface area contributed by atoms with Crippen molar-refractivity contribution >= 4 is 5.82 Å². The standard InChI is InChI=1S/C16H28N4/c1-13(2)18-11-14-6-7-17-15(10-14)20-9-8-19(5)16(3,4)12-20/h6-7,10,13,18H,8-9,11-12H2,1-5H3. The molecular formula is C16H28N4. The first-order chi connectivity index (χ1) is 9.38. The van der Waals surface area contributed by atoms with Crippen LogP contribution in [0.5, 0.6) is 0 Å². The second-order valence-corrected chi connectivity index (χ2v) is 6.71. The van der Waals surface area contributed by atoms with E-state index < -0.39 is 0 Å². The summed E-state index contributed by atoms with van der Waals surface area (Å²) in [5.41, 5.74) is 1.51. The molecule has 0 amide bonds. The van der Waals surface area contributed by atoms with Crippen molar-refractivity contribution in [3.63, 3.8) is 0 Å². The normalized spacial score (nSPS) is 19.6. The van der Waals surface area contributed by atoms with Gasteiger partial charge in [-0.1, -0.05) is 13.8 Å². The van der Waals surface area contributed by atoms with Crippen LogP contribution in [0.4, 0.5) is 5.82 Å². The predicted molar refractivity (Wildman–Crippen MR) is 85.1 cm³/mol. The van der Waals surface area contributed by atoms with Gasteiger partial charge in [0.2, 0.25) is 0 Å². The molecular weight excluding hydrogens is 248 g/mol. The van der Waals surface area contributed by atoms with Gasteiger partial charge in [0.15, 0.2) is 0 Å². The van der Waals surface area contributed by atoms with Crippen LogP contribution in [0.3, 0.4) is 0 Å². The van der Waals surface area contributed by atoms with E-state index in [-0.39, 0.29) is 5.54 Å². The van der Waals surface area contributed by atoms with Gasteiger partial charge < -0.3 is 10.2 Å². The second kappa shape index (κ2) is 6.10. The van der Waals surface area contributed by atoms with Gasteiger partial charge in [0.05, 0.1) is 0 Å². The van der Waals surface area contributed by atoms with E-state index in [1.54, 1.807) is 0 Å². The Morgan fingerprint density at radius 2 is 2.10 bits per heavy atom. The van der Waals surface area contributed by atoms with E-state index in [0.717, 1.165) is 32.0 Å². The molecule has 1 aromatic rings. The summed E-state index contributed by atoms with van der Waals surface area (Å²) < 4.78 is 0. The zero-order chi connectivity index (χ0) is 14.8. The second-order valence-electron chi connectivity index (χ2n) is 6.71. The van der Waals surface area contributed by atoms with Crippen LogP contribution in [-0.2, 0) is 6.54 Å². The molecule has 0 unspecified atom stereocenters. The SMILES string of the molecule is CC(C)NCc1ccnc(N2CCN(C)C(C)(C)C2)c1. The molecule has 4 heteroatoms. The number of aromatic nitrogens is 1. The highest BCUT2D eigenvalue weighted by Crippen LogP contribution is 2.23. The maximum atomic E-state index is 4.56. The summed E-state index contributed by atoms with van der Waals surface area (Å²) in [6, 6.07) is 4.82. The molecule has 0 atom stereocenters. The van der Waals surface area contributed by atoms with Gasteiger partial charge in [-0.05, 0) is 38.6 Å². The van der Waals surface area contributed by atoms with Crippen molar-refractivity contribution < 1.29 is 0 Å². The molecule has 2 heterocycles. The Kier molecular flexibility index (Phi) is 4.66. The molecule has 2 rings (SSSR count). The van der Waals surface area contributed by atoms with Gasteiger partial charge in [0.1, 0.15) is 5.82 Å². The van der Waals surface area contributed by atoms with Crippen LogP contribution in [0.15, 0.2) is 18.3 Å². The molecule has 1 aromatic heterocycles. The number of rotatable bonds is 4. The molecule has 1 fully saturated rings. The quantitative estimate of drug-likeness (QED) is 0.912. The lowest BCUT2D eigenvalue weighted by molar-refractivity contribution is 0.138. The number of nitrogens with one attached hydrogen (secondary N) is 1. The van der Waals surface area contributed by atoms with Gasteiger partial charge in [-0.25, -0.2) is 4.98 Å². The van der Waals surface area contributed by atoms with Gasteiger partial charge in [-0.2, -0.15) is 0 Å². The van der Waals surface area contributed by atoms with Crippen molar-refractivity contribution in [2.45, 2.75) is 45.8 Å². The average Bonchev–Trinajstić information content (AvgIpc) is 2.40. The highest BCUT2D eigenvalue weighted by atomic mass is 15.3. The molecule has 0 saturated carbocycles. The van der Waals surface area contributed by atoms with Crippen LogP contribution in [0.1, 0.15) is 33.3 Å². The van der Waals surface area contributed by atoms with Crippen molar-refractivity contribution in [3.05, 3.63) is 23.9 Å². The smallest absolute Gasteiger partial charge is 0.128 e. The minimum absolute atomic E-state index is 0.201. The summed E-state index contributed by atoms with van der Waals surface area (Å²) in [5.74, 6) is 1.11. The largest absolute Gasteiger partial charge is 0.353 e. The minimum Gasteiger partial charge on any atom is -0.353 e. The van der Waals surface area contributed by atoms with Crippen molar-refractivity contribution in [1.82, 2.24) is 15.2 Å². The third-order valence-corrected chi connectivity index (χ3v) is 4.16. The van der Waals surface area contributed by atoms with Crippen molar-refractivity contribution in [1.29, 1.82) is 0 Å². The molecule has 0 bridgehead atoms. The van der Waals surface area contributed by atoms with Gasteiger partial charge in [-0.15, -0.1) is 0 Å². The molecule has 1 aliphatic rings. The van der Waals surface area contributed by atoms with Crippen LogP contribution in [0.25, 0.3) is 0 Å². The molecule has 0 spiro atoms. The fraction of sp³-hybridized carbons (Fsp3) is 0.688. The van der Waals surface area contributed by atoms with Gasteiger partial charge in [-0.3, -0.25) is 4.90 Å². The molecule has 0 aliphatic carbocycles. The summed E-state index contributed by atoms with van der Waals surface area (Å²) >= 11 is 0. The number of piperazine rings is 1. The molecule has 4 nitrogen and oxygen atoms in total. The van der Waals surface area contributed by atoms with Gasteiger partial charge in [0.25, 0.3) is 0 Å². The predicted octanol–water partition coefficient (Wildman–Crippen LogP) is 2.11. The zero-order valence-electron chi connectivity index (χ0n) is 13.5. The van der Waals surface area contributed by atoms with E-state index >= 15 is 0 Å². The Labute approximate surface area is 123 Å². The number of hydrogen-bond donors (Lipinski definition) is 1. The minimum atomic E-state index is 0.201. The third-order valence-electron chi connectivity index (χ3n) is 4.16. The highest BCUT2D eigenvalue weighted by Gasteiger charge is 2.31. The monoisotopic (exact) mass is 276 g/mol. The molecule has 0 aromatic carbocycles. The van der Waals surface area contributed by atoms with Crippen LogP contribution in [-0.4, -0.2) is 48.1 Å². The summed E-state index contributed by atoms with van der Waals surface area (Å²) in [6.07, 6.45) is 1.93. The molecule has 0 radical (unpaired) electrons. The topological polar surface area (TPSA) is 31.4 Å². The zero-order valence-corrected chi connectivity index (χ0v) is 13.5. The Hall–Kier alpha value is -1.13. The number of pyridine rings is 1. The Morgan fingerprint density at radius 1 is 1.35 bits per heavy atom. The molecule has 1 N–H and O–H groups in total. The van der Waals surface area contributed by atoms with E-state index in [1.165, 1.54) is 5.56 Å². The van der Waals surface area contributed by atoms with E-state index in [0.29, 0.717) is 6.04 Å². The van der Waals surface area contributed by atoms with Gasteiger partial charge in [0, 0.05) is 44.0 Å². The fourth-order valence-electron chi connectivity index (χ4n) is 2.50. The molecule has 112 valence electrons. The third kappa shape index (κ3) is 3.70. The van der Waals surface area contributed by atoms with Crippen LogP contribution in [0, 0.1) is 0 Å². The number of likely N-dealkylation sites (N-methyl/N-ethyl adjacent to an activating group) is 1. The fourth-order valence-corrected chi connectivity index (χ4v) is 2.50. The first kappa shape index (κ1) is 15.3. The summed E-state index contributed by atoms with van der Waals surface area (Å²) in [5, 5.41) is 3.46. The maximum absolute atomic E-state index is 4.56. The lowest BCUT2D eigenvalue weighted by Gasteiger charge is -2.45. The highest BCUT2D eigenvalue weighted by molar-refractivity contribution is 5.42. The first-order valence-electron chi connectivity index (χ1n) is 7.53. The summed E-state index contributed by atoms with van der Waals surface area (Å²) in [6.45, 7) is 13.0. The van der Waals surface area contributed by atoms with E-state index in [1.807, 2.05) is 6.20 Å². The van der Waals surface area contributed by atoms with Gasteiger partial charge >= 0.3 is 0 Å². The van der Waals surface area contributed by atoms with Crippen LogP contribution >= 0.6 is 0 Å². The maximum Gasteiger partial charge on any atom is 0.128 e. The summed E-state index contributed by atoms with van der Waals surface area (Å²) in [7, 11) is 2.20. The number of hydrogen-bond acceptors (Lipinski definition) is 4. The van der Waals surface area contributed by atoms with Crippen molar-refractivity contribution in [2.75, 3.05) is 31.6 Å². The lowest BCUT2D eigenvalue weighted by Crippen LogP contribution is -2.57. The molecule has 1 saturated heterocycles. The summed E-state index contributed by atoms with van der Waals surface area (Å²) in [4.78, 5) is 9.39. The lowest BCUT2D eigenvalue weighted by atomic mass is 10.00. The van der Waals surface area contributed by atoms with Crippen molar-refractivity contribution in [2.24, 2.45) is 0 Å².